The van der Waals surface area contributed by atoms with E-state index in [1.807, 2.05) is 12.1 Å². The van der Waals surface area contributed by atoms with Gasteiger partial charge in [-0.25, -0.2) is 0 Å². The van der Waals surface area contributed by atoms with Crippen LogP contribution in [-0.4, -0.2) is 37.3 Å². The third-order valence-electron chi connectivity index (χ3n) is 4.06. The molecule has 0 atom stereocenters. The fraction of sp³-hybridized carbons (Fsp3) is 0.250. The number of phenols is 1. The van der Waals surface area contributed by atoms with Crippen molar-refractivity contribution in [2.24, 2.45) is 5.73 Å². The number of carbonyl (C=O) groups excluding carboxylic acids is 1. The Balaban J connectivity index is 1.73. The minimum absolute atomic E-state index is 0.00222. The summed E-state index contributed by atoms with van der Waals surface area (Å²) < 4.78 is 10.8. The maximum atomic E-state index is 12.5. The number of halogens is 1. The van der Waals surface area contributed by atoms with Crippen LogP contribution in [0, 0.1) is 0 Å². The fourth-order valence-electron chi connectivity index (χ4n) is 2.84. The number of hydrogen-bond donors (Lipinski definition) is 2. The monoisotopic (exact) mass is 373 g/mol. The number of nitrogens with two attached hydrogens (primary N) is 1. The van der Waals surface area contributed by atoms with Gasteiger partial charge in [-0.05, 0) is 47.5 Å². The van der Waals surface area contributed by atoms with E-state index >= 15 is 0 Å². The second-order valence-electron chi connectivity index (χ2n) is 5.95. The molecule has 0 radical (unpaired) electrons. The summed E-state index contributed by atoms with van der Waals surface area (Å²) in [5.41, 5.74) is 8.43. The lowest BCUT2D eigenvalue weighted by Gasteiger charge is -2.09. The van der Waals surface area contributed by atoms with E-state index in [0.717, 1.165) is 11.1 Å². The first-order valence-electron chi connectivity index (χ1n) is 8.36. The number of rotatable bonds is 7. The number of benzene rings is 2. The zero-order chi connectivity index (χ0) is 18.5. The molecule has 3 N–H and O–H groups in total. The SMILES string of the molecule is NCCOCCOc1cc(C=C2Cc3cc(Cl)ccc3C2=O)ccc1O. The Morgan fingerprint density at radius 1 is 1.15 bits per heavy atom. The topological polar surface area (TPSA) is 81.8 Å². The van der Waals surface area contributed by atoms with E-state index in [1.54, 1.807) is 30.3 Å². The zero-order valence-electron chi connectivity index (χ0n) is 14.2. The van der Waals surface area contributed by atoms with Gasteiger partial charge in [-0.3, -0.25) is 4.79 Å². The van der Waals surface area contributed by atoms with Crippen LogP contribution in [0.15, 0.2) is 42.0 Å². The zero-order valence-corrected chi connectivity index (χ0v) is 15.0. The van der Waals surface area contributed by atoms with E-state index in [9.17, 15) is 9.90 Å². The molecule has 0 spiro atoms. The molecular weight excluding hydrogens is 354 g/mol. The van der Waals surface area contributed by atoms with Crippen LogP contribution in [0.2, 0.25) is 5.02 Å². The molecule has 0 unspecified atom stereocenters. The first-order valence-corrected chi connectivity index (χ1v) is 8.73. The fourth-order valence-corrected chi connectivity index (χ4v) is 3.03. The van der Waals surface area contributed by atoms with Gasteiger partial charge in [-0.2, -0.15) is 0 Å². The summed E-state index contributed by atoms with van der Waals surface area (Å²) in [6, 6.07) is 10.3. The third-order valence-corrected chi connectivity index (χ3v) is 4.29. The van der Waals surface area contributed by atoms with Crippen LogP contribution in [0.5, 0.6) is 11.5 Å². The van der Waals surface area contributed by atoms with Crippen LogP contribution in [0.25, 0.3) is 6.08 Å². The molecule has 136 valence electrons. The number of ketones is 1. The predicted octanol–water partition coefficient (Wildman–Crippen LogP) is 3.22. The lowest BCUT2D eigenvalue weighted by atomic mass is 10.1. The number of phenolic OH excluding ortho intramolecular Hbond substituents is 1. The van der Waals surface area contributed by atoms with Crippen LogP contribution < -0.4 is 10.5 Å². The molecule has 0 saturated carbocycles. The highest BCUT2D eigenvalue weighted by molar-refractivity contribution is 6.31. The molecule has 0 fully saturated rings. The standard InChI is InChI=1S/C20H20ClNO4/c21-16-2-3-17-14(12-16)11-15(20(17)24)9-13-1-4-18(23)19(10-13)26-8-7-25-6-5-22/h1-4,9-10,12,23H,5-8,11,22H2. The molecule has 0 amide bonds. The Kier molecular flexibility index (Phi) is 5.93. The van der Waals surface area contributed by atoms with Crippen molar-refractivity contribution >= 4 is 23.5 Å². The number of fused-ring (bicyclic) bond motifs is 1. The molecule has 0 saturated heterocycles. The summed E-state index contributed by atoms with van der Waals surface area (Å²) in [4.78, 5) is 12.5. The number of aromatic hydroxyl groups is 1. The van der Waals surface area contributed by atoms with Gasteiger partial charge in [0, 0.05) is 29.1 Å². The summed E-state index contributed by atoms with van der Waals surface area (Å²) in [5.74, 6) is 0.392. The van der Waals surface area contributed by atoms with E-state index in [-0.39, 0.29) is 11.5 Å². The van der Waals surface area contributed by atoms with Crippen molar-refractivity contribution in [1.29, 1.82) is 0 Å². The van der Waals surface area contributed by atoms with Crippen molar-refractivity contribution < 1.29 is 19.4 Å². The van der Waals surface area contributed by atoms with Crippen LogP contribution in [0.3, 0.4) is 0 Å². The van der Waals surface area contributed by atoms with Gasteiger partial charge in [0.15, 0.2) is 17.3 Å². The molecular formula is C20H20ClNO4. The van der Waals surface area contributed by atoms with Gasteiger partial charge in [0.25, 0.3) is 0 Å². The molecule has 3 rings (SSSR count). The molecule has 0 heterocycles. The summed E-state index contributed by atoms with van der Waals surface area (Å²) in [6.45, 7) is 1.61. The summed E-state index contributed by atoms with van der Waals surface area (Å²) in [6.07, 6.45) is 2.35. The van der Waals surface area contributed by atoms with Crippen LogP contribution >= 0.6 is 11.6 Å². The maximum Gasteiger partial charge on any atom is 0.189 e. The molecule has 1 aliphatic carbocycles. The van der Waals surface area contributed by atoms with E-state index in [4.69, 9.17) is 26.8 Å². The highest BCUT2D eigenvalue weighted by Gasteiger charge is 2.24. The lowest BCUT2D eigenvalue weighted by molar-refractivity contribution is 0.104. The van der Waals surface area contributed by atoms with Crippen molar-refractivity contribution in [3.8, 4) is 11.5 Å². The Labute approximate surface area is 157 Å². The number of hydrogen-bond acceptors (Lipinski definition) is 5. The van der Waals surface area contributed by atoms with Gasteiger partial charge in [-0.1, -0.05) is 17.7 Å². The second-order valence-corrected chi connectivity index (χ2v) is 6.39. The molecule has 0 aromatic heterocycles. The quantitative estimate of drug-likeness (QED) is 0.575. The molecule has 0 aliphatic heterocycles. The van der Waals surface area contributed by atoms with Gasteiger partial charge < -0.3 is 20.3 Å². The summed E-state index contributed by atoms with van der Waals surface area (Å²) in [7, 11) is 0. The van der Waals surface area contributed by atoms with Gasteiger partial charge in [0.05, 0.1) is 13.2 Å². The molecule has 6 heteroatoms. The summed E-state index contributed by atoms with van der Waals surface area (Å²) in [5, 5.41) is 10.6. The van der Waals surface area contributed by atoms with E-state index in [2.05, 4.69) is 0 Å². The molecule has 2 aromatic carbocycles. The van der Waals surface area contributed by atoms with Crippen molar-refractivity contribution in [2.45, 2.75) is 6.42 Å². The molecule has 5 nitrogen and oxygen atoms in total. The Bertz CT molecular complexity index is 848. The van der Waals surface area contributed by atoms with Crippen LogP contribution in [0.4, 0.5) is 0 Å². The van der Waals surface area contributed by atoms with Gasteiger partial charge in [-0.15, -0.1) is 0 Å². The summed E-state index contributed by atoms with van der Waals surface area (Å²) >= 11 is 6.01. The average Bonchev–Trinajstić information content (AvgIpc) is 2.92. The van der Waals surface area contributed by atoms with Crippen molar-refractivity contribution in [1.82, 2.24) is 0 Å². The number of Topliss-reactive ketones (excluding diaryl/α,β-unsaturated/α-hetero) is 1. The minimum Gasteiger partial charge on any atom is -0.504 e. The van der Waals surface area contributed by atoms with E-state index in [1.165, 1.54) is 0 Å². The number of carbonyl (C=O) groups is 1. The smallest absolute Gasteiger partial charge is 0.189 e. The third kappa shape index (κ3) is 4.25. The van der Waals surface area contributed by atoms with Crippen LogP contribution in [-0.2, 0) is 11.2 Å². The van der Waals surface area contributed by atoms with Crippen molar-refractivity contribution in [3.63, 3.8) is 0 Å². The normalized spacial score (nSPS) is 14.7. The Morgan fingerprint density at radius 3 is 2.81 bits per heavy atom. The highest BCUT2D eigenvalue weighted by atomic mass is 35.5. The second kappa shape index (κ2) is 8.36. The van der Waals surface area contributed by atoms with E-state index < -0.39 is 0 Å². The minimum atomic E-state index is 0.00222. The lowest BCUT2D eigenvalue weighted by Crippen LogP contribution is -2.13. The molecule has 26 heavy (non-hydrogen) atoms. The number of allylic oxidation sites excluding steroid dienone is 1. The Hall–Kier alpha value is -2.34. The first kappa shape index (κ1) is 18.5. The molecule has 2 aromatic rings. The van der Waals surface area contributed by atoms with Gasteiger partial charge in [0.1, 0.15) is 6.61 Å². The van der Waals surface area contributed by atoms with Gasteiger partial charge >= 0.3 is 0 Å². The first-order chi connectivity index (χ1) is 12.6. The molecule has 1 aliphatic rings. The Morgan fingerprint density at radius 2 is 2.00 bits per heavy atom. The van der Waals surface area contributed by atoms with Crippen molar-refractivity contribution in [3.05, 3.63) is 63.7 Å². The van der Waals surface area contributed by atoms with Crippen molar-refractivity contribution in [2.75, 3.05) is 26.4 Å². The predicted molar refractivity (Wildman–Crippen MR) is 101 cm³/mol. The number of ether oxygens (including phenoxy) is 2. The van der Waals surface area contributed by atoms with E-state index in [0.29, 0.717) is 54.7 Å². The van der Waals surface area contributed by atoms with Gasteiger partial charge in [0.2, 0.25) is 0 Å². The highest BCUT2D eigenvalue weighted by Crippen LogP contribution is 2.32. The molecule has 0 bridgehead atoms. The maximum absolute atomic E-state index is 12.5. The van der Waals surface area contributed by atoms with Crippen LogP contribution in [0.1, 0.15) is 21.5 Å². The largest absolute Gasteiger partial charge is 0.504 e. The average molecular weight is 374 g/mol.